The molecule has 0 amide bonds. The second-order valence-electron chi connectivity index (χ2n) is 6.18. The van der Waals surface area contributed by atoms with Gasteiger partial charge in [-0.15, -0.1) is 0 Å². The number of hydrogen-bond acceptors (Lipinski definition) is 4. The Balaban J connectivity index is 1.69. The van der Waals surface area contributed by atoms with Gasteiger partial charge in [-0.1, -0.05) is 29.8 Å². The highest BCUT2D eigenvalue weighted by Gasteiger charge is 2.20. The summed E-state index contributed by atoms with van der Waals surface area (Å²) in [5.41, 5.74) is 2.12. The van der Waals surface area contributed by atoms with E-state index in [9.17, 15) is 14.3 Å². The fourth-order valence-electron chi connectivity index (χ4n) is 2.97. The zero-order valence-electron chi connectivity index (χ0n) is 14.3. The van der Waals surface area contributed by atoms with Gasteiger partial charge in [0.1, 0.15) is 11.4 Å². The Morgan fingerprint density at radius 1 is 1.29 bits per heavy atom. The molecule has 2 N–H and O–H groups in total. The van der Waals surface area contributed by atoms with Gasteiger partial charge in [0.2, 0.25) is 5.88 Å². The van der Waals surface area contributed by atoms with Crippen LogP contribution in [0.15, 0.2) is 46.2 Å². The fourth-order valence-corrected chi connectivity index (χ4v) is 3.12. The number of halogens is 2. The molecule has 0 spiro atoms. The van der Waals surface area contributed by atoms with E-state index < -0.39 is 11.5 Å². The summed E-state index contributed by atoms with van der Waals surface area (Å²) in [7, 11) is 0. The average Bonchev–Trinajstić information content (AvgIpc) is 3.22. The average molecular weight is 395 g/mol. The van der Waals surface area contributed by atoms with Crippen molar-refractivity contribution in [2.75, 3.05) is 0 Å². The summed E-state index contributed by atoms with van der Waals surface area (Å²) in [6.45, 7) is 0.130. The van der Waals surface area contributed by atoms with Gasteiger partial charge in [0, 0.05) is 17.4 Å². The minimum absolute atomic E-state index is 0.0260. The first-order chi connectivity index (χ1) is 13.5. The number of allylic oxidation sites excluding steroid dienone is 1. The number of aromatic hydroxyl groups is 1. The Morgan fingerprint density at radius 3 is 2.75 bits per heavy atom. The standard InChI is InChI=1S/C20H12ClFN4O2/c21-15-6-5-14-13(9-24-18(14)17(15)22)7-16-19(27)26(20(28)25-16)10-12-3-1-11(8-23)2-4-12/h1-7,9,27H,10H2,(H,25,28)/b13-7+. The fraction of sp³-hybridized carbons (Fsp3) is 0.0500. The molecule has 28 heavy (non-hydrogen) atoms. The molecule has 4 rings (SSSR count). The maximum absolute atomic E-state index is 14.1. The summed E-state index contributed by atoms with van der Waals surface area (Å²) in [6, 6.07) is 11.8. The van der Waals surface area contributed by atoms with Crippen LogP contribution in [-0.2, 0) is 6.54 Å². The normalized spacial score (nSPS) is 13.7. The van der Waals surface area contributed by atoms with Crippen molar-refractivity contribution in [2.45, 2.75) is 6.54 Å². The van der Waals surface area contributed by atoms with Crippen LogP contribution in [0.5, 0.6) is 5.88 Å². The molecule has 3 aromatic rings. The van der Waals surface area contributed by atoms with Gasteiger partial charge in [0.05, 0.1) is 23.2 Å². The van der Waals surface area contributed by atoms with Crippen molar-refractivity contribution in [1.82, 2.24) is 9.55 Å². The van der Waals surface area contributed by atoms with E-state index in [-0.39, 0.29) is 28.8 Å². The number of H-pyrrole nitrogens is 1. The minimum atomic E-state index is -0.616. The van der Waals surface area contributed by atoms with E-state index in [1.807, 2.05) is 6.07 Å². The molecule has 0 fully saturated rings. The summed E-state index contributed by atoms with van der Waals surface area (Å²) in [5.74, 6) is -0.868. The molecule has 2 heterocycles. The molecule has 0 aliphatic carbocycles. The first kappa shape index (κ1) is 17.8. The van der Waals surface area contributed by atoms with Crippen molar-refractivity contribution in [3.05, 3.63) is 80.1 Å². The van der Waals surface area contributed by atoms with E-state index in [0.717, 1.165) is 5.56 Å². The number of rotatable bonds is 3. The number of nitrogens with one attached hydrogen (secondary N) is 1. The van der Waals surface area contributed by atoms with Gasteiger partial charge in [-0.3, -0.25) is 9.56 Å². The van der Waals surface area contributed by atoms with Crippen LogP contribution < -0.4 is 5.69 Å². The summed E-state index contributed by atoms with van der Waals surface area (Å²) < 4.78 is 15.2. The molecule has 0 atom stereocenters. The molecule has 0 bridgehead atoms. The number of nitriles is 1. The molecule has 1 aromatic heterocycles. The van der Waals surface area contributed by atoms with E-state index in [4.69, 9.17) is 16.9 Å². The van der Waals surface area contributed by atoms with Gasteiger partial charge < -0.3 is 10.1 Å². The van der Waals surface area contributed by atoms with Crippen LogP contribution in [0.1, 0.15) is 22.4 Å². The van der Waals surface area contributed by atoms with Crippen LogP contribution in [0.3, 0.4) is 0 Å². The molecule has 1 aliphatic heterocycles. The topological polar surface area (TPSA) is 94.2 Å². The molecule has 0 saturated heterocycles. The molecule has 1 aliphatic rings. The Morgan fingerprint density at radius 2 is 2.04 bits per heavy atom. The van der Waals surface area contributed by atoms with Gasteiger partial charge in [0.25, 0.3) is 0 Å². The van der Waals surface area contributed by atoms with Gasteiger partial charge in [-0.2, -0.15) is 5.26 Å². The van der Waals surface area contributed by atoms with Crippen LogP contribution in [0, 0.1) is 17.1 Å². The molecular weight excluding hydrogens is 383 g/mol. The van der Waals surface area contributed by atoms with Crippen LogP contribution in [0.2, 0.25) is 5.02 Å². The van der Waals surface area contributed by atoms with Gasteiger partial charge in [0.15, 0.2) is 5.82 Å². The van der Waals surface area contributed by atoms with E-state index in [2.05, 4.69) is 9.98 Å². The molecule has 8 heteroatoms. The predicted molar refractivity (Wildman–Crippen MR) is 104 cm³/mol. The quantitative estimate of drug-likeness (QED) is 0.706. The van der Waals surface area contributed by atoms with E-state index >= 15 is 0 Å². The highest BCUT2D eigenvalue weighted by Crippen LogP contribution is 2.38. The number of aliphatic imine (C=N–C) groups is 1. The van der Waals surface area contributed by atoms with E-state index in [0.29, 0.717) is 16.7 Å². The van der Waals surface area contributed by atoms with Gasteiger partial charge in [-0.25, -0.2) is 9.18 Å². The third-order valence-corrected chi connectivity index (χ3v) is 4.71. The lowest BCUT2D eigenvalue weighted by Crippen LogP contribution is -2.17. The summed E-state index contributed by atoms with van der Waals surface area (Å²) in [4.78, 5) is 18.9. The van der Waals surface area contributed by atoms with Crippen molar-refractivity contribution in [3.63, 3.8) is 0 Å². The van der Waals surface area contributed by atoms with Crippen LogP contribution in [0.25, 0.3) is 11.6 Å². The second kappa shape index (κ2) is 6.83. The lowest BCUT2D eigenvalue weighted by Gasteiger charge is -2.04. The summed E-state index contributed by atoms with van der Waals surface area (Å²) in [6.07, 6.45) is 2.97. The Bertz CT molecular complexity index is 1250. The lowest BCUT2D eigenvalue weighted by molar-refractivity contribution is 0.420. The highest BCUT2D eigenvalue weighted by atomic mass is 35.5. The molecule has 6 nitrogen and oxygen atoms in total. The largest absolute Gasteiger partial charge is 0.493 e. The third kappa shape index (κ3) is 3.00. The van der Waals surface area contributed by atoms with E-state index in [1.165, 1.54) is 22.9 Å². The Kier molecular flexibility index (Phi) is 4.34. The molecule has 0 unspecified atom stereocenters. The molecule has 138 valence electrons. The van der Waals surface area contributed by atoms with Gasteiger partial charge in [-0.05, 0) is 29.8 Å². The number of fused-ring (bicyclic) bond motifs is 1. The van der Waals surface area contributed by atoms with Crippen molar-refractivity contribution >= 4 is 35.2 Å². The third-order valence-electron chi connectivity index (χ3n) is 4.42. The number of hydrogen-bond donors (Lipinski definition) is 2. The van der Waals surface area contributed by atoms with E-state index in [1.54, 1.807) is 30.3 Å². The summed E-state index contributed by atoms with van der Waals surface area (Å²) in [5, 5.41) is 19.3. The monoisotopic (exact) mass is 394 g/mol. The zero-order chi connectivity index (χ0) is 19.8. The predicted octanol–water partition coefficient (Wildman–Crippen LogP) is 3.85. The van der Waals surface area contributed by atoms with Crippen molar-refractivity contribution < 1.29 is 9.50 Å². The maximum Gasteiger partial charge on any atom is 0.329 e. The van der Waals surface area contributed by atoms with Crippen molar-refractivity contribution in [3.8, 4) is 11.9 Å². The van der Waals surface area contributed by atoms with Crippen LogP contribution >= 0.6 is 11.6 Å². The van der Waals surface area contributed by atoms with Crippen molar-refractivity contribution in [1.29, 1.82) is 5.26 Å². The molecule has 2 aromatic carbocycles. The number of aromatic amines is 1. The summed E-state index contributed by atoms with van der Waals surface area (Å²) >= 11 is 5.77. The molecule has 0 radical (unpaired) electrons. The minimum Gasteiger partial charge on any atom is -0.493 e. The maximum atomic E-state index is 14.1. The molecule has 0 saturated carbocycles. The first-order valence-electron chi connectivity index (χ1n) is 8.23. The van der Waals surface area contributed by atoms with Crippen LogP contribution in [0.4, 0.5) is 10.1 Å². The SMILES string of the molecule is N#Cc1ccc(Cn2c(O)c(/C=C3\C=Nc4c3ccc(Cl)c4F)[nH]c2=O)cc1. The number of aromatic nitrogens is 2. The van der Waals surface area contributed by atoms with Crippen molar-refractivity contribution in [2.24, 2.45) is 4.99 Å². The Hall–Kier alpha value is -3.63. The molecular formula is C20H12ClFN4O2. The van der Waals surface area contributed by atoms with Crippen LogP contribution in [-0.4, -0.2) is 20.9 Å². The smallest absolute Gasteiger partial charge is 0.329 e. The highest BCUT2D eigenvalue weighted by molar-refractivity contribution is 6.31. The number of benzene rings is 2. The first-order valence-corrected chi connectivity index (χ1v) is 8.60. The number of imidazole rings is 1. The lowest BCUT2D eigenvalue weighted by atomic mass is 10.1. The Labute approximate surface area is 163 Å². The van der Waals surface area contributed by atoms with Gasteiger partial charge >= 0.3 is 5.69 Å². The zero-order valence-corrected chi connectivity index (χ0v) is 15.0. The second-order valence-corrected chi connectivity index (χ2v) is 6.58. The number of nitrogens with zero attached hydrogens (tertiary/aromatic N) is 3.